The second kappa shape index (κ2) is 7.90. The number of benzene rings is 1. The number of piperidine rings is 1. The Morgan fingerprint density at radius 2 is 1.83 bits per heavy atom. The Morgan fingerprint density at radius 1 is 1.12 bits per heavy atom. The summed E-state index contributed by atoms with van der Waals surface area (Å²) in [7, 11) is 0. The van der Waals surface area contributed by atoms with Crippen molar-refractivity contribution in [2.45, 2.75) is 18.9 Å². The molecule has 1 atom stereocenters. The van der Waals surface area contributed by atoms with Gasteiger partial charge >= 0.3 is 6.03 Å². The third kappa shape index (κ3) is 4.02. The molecule has 0 spiro atoms. The number of rotatable bonds is 3. The molecular weight excluding hydrogens is 324 g/mol. The minimum absolute atomic E-state index is 0.0622. The van der Waals surface area contributed by atoms with Crippen molar-refractivity contribution in [1.82, 2.24) is 9.80 Å². The fourth-order valence-corrected chi connectivity index (χ4v) is 4.14. The number of anilines is 1. The maximum Gasteiger partial charge on any atom is 0.321 e. The van der Waals surface area contributed by atoms with E-state index >= 15 is 0 Å². The molecular formula is C17H24N4O2S. The molecule has 3 rings (SSSR count). The highest BCUT2D eigenvalue weighted by Gasteiger charge is 2.33. The first-order valence-corrected chi connectivity index (χ1v) is 9.53. The summed E-state index contributed by atoms with van der Waals surface area (Å²) < 4.78 is 0. The van der Waals surface area contributed by atoms with Gasteiger partial charge in [0, 0.05) is 31.1 Å². The van der Waals surface area contributed by atoms with E-state index in [1.54, 1.807) is 16.7 Å². The van der Waals surface area contributed by atoms with Crippen molar-refractivity contribution in [3.05, 3.63) is 30.3 Å². The number of nitrogens with zero attached hydrogens (tertiary/aromatic N) is 2. The zero-order chi connectivity index (χ0) is 16.9. The molecule has 1 aromatic rings. The van der Waals surface area contributed by atoms with E-state index in [2.05, 4.69) is 5.32 Å². The molecule has 6 nitrogen and oxygen atoms in total. The number of para-hydroxylation sites is 1. The molecule has 0 saturated carbocycles. The zero-order valence-corrected chi connectivity index (χ0v) is 14.5. The lowest BCUT2D eigenvalue weighted by molar-refractivity contribution is -0.132. The maximum atomic E-state index is 12.4. The Morgan fingerprint density at radius 3 is 2.46 bits per heavy atom. The van der Waals surface area contributed by atoms with Gasteiger partial charge in [0.2, 0.25) is 5.91 Å². The monoisotopic (exact) mass is 348 g/mol. The quantitative estimate of drug-likeness (QED) is 0.873. The second-order valence-electron chi connectivity index (χ2n) is 6.29. The second-order valence-corrected chi connectivity index (χ2v) is 7.36. The van der Waals surface area contributed by atoms with Crippen LogP contribution in [0.25, 0.3) is 0 Å². The summed E-state index contributed by atoms with van der Waals surface area (Å²) in [5, 5.41) is 2.90. The summed E-state index contributed by atoms with van der Waals surface area (Å²) in [6.45, 7) is 2.08. The predicted molar refractivity (Wildman–Crippen MR) is 96.8 cm³/mol. The summed E-state index contributed by atoms with van der Waals surface area (Å²) in [6.07, 6.45) is 1.55. The van der Waals surface area contributed by atoms with Gasteiger partial charge in [0.15, 0.2) is 0 Å². The molecule has 3 N–H and O–H groups in total. The highest BCUT2D eigenvalue weighted by molar-refractivity contribution is 7.99. The number of amides is 3. The van der Waals surface area contributed by atoms with E-state index in [0.29, 0.717) is 13.1 Å². The molecule has 24 heavy (non-hydrogen) atoms. The molecule has 2 heterocycles. The van der Waals surface area contributed by atoms with Gasteiger partial charge in [-0.25, -0.2) is 4.79 Å². The Hall–Kier alpha value is -1.73. The van der Waals surface area contributed by atoms with Crippen molar-refractivity contribution in [2.24, 2.45) is 11.7 Å². The van der Waals surface area contributed by atoms with Crippen molar-refractivity contribution in [2.75, 3.05) is 36.6 Å². The minimum atomic E-state index is -0.442. The number of carbonyl (C=O) groups excluding carboxylic acids is 2. The molecule has 0 aliphatic carbocycles. The number of likely N-dealkylation sites (tertiary alicyclic amines) is 1. The molecule has 0 bridgehead atoms. The van der Waals surface area contributed by atoms with Crippen molar-refractivity contribution < 1.29 is 9.59 Å². The first-order valence-electron chi connectivity index (χ1n) is 8.38. The number of hydrogen-bond acceptors (Lipinski definition) is 4. The number of urea groups is 1. The third-order valence-electron chi connectivity index (χ3n) is 4.71. The standard InChI is InChI=1S/C17H24N4O2S/c18-15(16(22)21-10-11-24-12-21)13-6-8-20(9-7-13)17(23)19-14-4-2-1-3-5-14/h1-5,13,15H,6-12,18H2,(H,19,23). The van der Waals surface area contributed by atoms with E-state index in [1.807, 2.05) is 35.2 Å². The van der Waals surface area contributed by atoms with Crippen LogP contribution in [0.1, 0.15) is 12.8 Å². The summed E-state index contributed by atoms with van der Waals surface area (Å²) in [5.74, 6) is 1.97. The Labute approximate surface area is 146 Å². The van der Waals surface area contributed by atoms with Gasteiger partial charge in [-0.15, -0.1) is 11.8 Å². The largest absolute Gasteiger partial charge is 0.331 e. The topological polar surface area (TPSA) is 78.7 Å². The van der Waals surface area contributed by atoms with Crippen molar-refractivity contribution >= 4 is 29.4 Å². The van der Waals surface area contributed by atoms with Crippen LogP contribution in [-0.2, 0) is 4.79 Å². The summed E-state index contributed by atoms with van der Waals surface area (Å²) in [6, 6.07) is 8.91. The highest BCUT2D eigenvalue weighted by Crippen LogP contribution is 2.23. The predicted octanol–water partition coefficient (Wildman–Crippen LogP) is 1.79. The van der Waals surface area contributed by atoms with Gasteiger partial charge in [-0.2, -0.15) is 0 Å². The van der Waals surface area contributed by atoms with Crippen LogP contribution < -0.4 is 11.1 Å². The van der Waals surface area contributed by atoms with Gasteiger partial charge in [0.1, 0.15) is 0 Å². The normalized spacial score (nSPS) is 20.0. The van der Waals surface area contributed by atoms with Gasteiger partial charge in [0.25, 0.3) is 0 Å². The summed E-state index contributed by atoms with van der Waals surface area (Å²) in [4.78, 5) is 28.3. The van der Waals surface area contributed by atoms with Crippen LogP contribution in [0.2, 0.25) is 0 Å². The van der Waals surface area contributed by atoms with Crippen molar-refractivity contribution in [3.8, 4) is 0 Å². The van der Waals surface area contributed by atoms with Gasteiger partial charge in [0.05, 0.1) is 11.9 Å². The molecule has 2 fully saturated rings. The number of nitrogens with one attached hydrogen (secondary N) is 1. The fourth-order valence-electron chi connectivity index (χ4n) is 3.19. The lowest BCUT2D eigenvalue weighted by Gasteiger charge is -2.35. The molecule has 0 radical (unpaired) electrons. The van der Waals surface area contributed by atoms with Crippen molar-refractivity contribution in [1.29, 1.82) is 0 Å². The molecule has 3 amide bonds. The van der Waals surface area contributed by atoms with E-state index < -0.39 is 6.04 Å². The first-order chi connectivity index (χ1) is 11.6. The average molecular weight is 348 g/mol. The number of nitrogens with two attached hydrogens (primary N) is 1. The first kappa shape index (κ1) is 17.1. The van der Waals surface area contributed by atoms with Gasteiger partial charge in [-0.1, -0.05) is 18.2 Å². The van der Waals surface area contributed by atoms with E-state index in [9.17, 15) is 9.59 Å². The Bertz CT molecular complexity index is 569. The number of thioether (sulfide) groups is 1. The van der Waals surface area contributed by atoms with Gasteiger partial charge in [-0.3, -0.25) is 4.79 Å². The maximum absolute atomic E-state index is 12.4. The molecule has 0 aromatic heterocycles. The minimum Gasteiger partial charge on any atom is -0.331 e. The van der Waals surface area contributed by atoms with Crippen LogP contribution in [-0.4, -0.2) is 59.0 Å². The van der Waals surface area contributed by atoms with Gasteiger partial charge < -0.3 is 20.9 Å². The van der Waals surface area contributed by atoms with E-state index in [-0.39, 0.29) is 17.9 Å². The van der Waals surface area contributed by atoms with E-state index in [0.717, 1.165) is 36.7 Å². The lowest BCUT2D eigenvalue weighted by atomic mass is 9.89. The highest BCUT2D eigenvalue weighted by atomic mass is 32.2. The molecule has 1 unspecified atom stereocenters. The fraction of sp³-hybridized carbons (Fsp3) is 0.529. The summed E-state index contributed by atoms with van der Waals surface area (Å²) >= 11 is 1.77. The number of carbonyl (C=O) groups is 2. The zero-order valence-electron chi connectivity index (χ0n) is 13.7. The van der Waals surface area contributed by atoms with Crippen molar-refractivity contribution in [3.63, 3.8) is 0 Å². The van der Waals surface area contributed by atoms with Crippen LogP contribution in [0.4, 0.5) is 10.5 Å². The van der Waals surface area contributed by atoms with Crippen LogP contribution in [0.5, 0.6) is 0 Å². The average Bonchev–Trinajstić information content (AvgIpc) is 3.16. The van der Waals surface area contributed by atoms with Crippen LogP contribution in [0.15, 0.2) is 30.3 Å². The molecule has 7 heteroatoms. The van der Waals surface area contributed by atoms with Crippen LogP contribution in [0.3, 0.4) is 0 Å². The Balaban J connectivity index is 1.48. The van der Waals surface area contributed by atoms with E-state index in [1.165, 1.54) is 0 Å². The molecule has 1 aromatic carbocycles. The smallest absolute Gasteiger partial charge is 0.321 e. The van der Waals surface area contributed by atoms with Gasteiger partial charge in [-0.05, 0) is 30.9 Å². The number of hydrogen-bond donors (Lipinski definition) is 2. The molecule has 2 saturated heterocycles. The van der Waals surface area contributed by atoms with Crippen LogP contribution in [0, 0.1) is 5.92 Å². The SMILES string of the molecule is NC(C(=O)N1CCSC1)C1CCN(C(=O)Nc2ccccc2)CC1. The van der Waals surface area contributed by atoms with E-state index in [4.69, 9.17) is 5.73 Å². The molecule has 2 aliphatic rings. The summed E-state index contributed by atoms with van der Waals surface area (Å²) in [5.41, 5.74) is 6.99. The molecule has 130 valence electrons. The molecule has 2 aliphatic heterocycles. The lowest BCUT2D eigenvalue weighted by Crippen LogP contribution is -2.51. The van der Waals surface area contributed by atoms with Crippen LogP contribution >= 0.6 is 11.8 Å². The third-order valence-corrected chi connectivity index (χ3v) is 5.67. The Kier molecular flexibility index (Phi) is 5.63.